The van der Waals surface area contributed by atoms with Crippen LogP contribution in [0.3, 0.4) is 0 Å². The van der Waals surface area contributed by atoms with Crippen molar-refractivity contribution in [2.24, 2.45) is 11.8 Å². The van der Waals surface area contributed by atoms with Gasteiger partial charge in [-0.2, -0.15) is 0 Å². The molecule has 1 aliphatic carbocycles. The molecule has 1 saturated heterocycles. The number of rotatable bonds is 3. The van der Waals surface area contributed by atoms with Gasteiger partial charge in [-0.1, -0.05) is 26.7 Å². The van der Waals surface area contributed by atoms with E-state index in [4.69, 9.17) is 0 Å². The monoisotopic (exact) mass is 328 g/mol. The number of hydrogen-bond acceptors (Lipinski definition) is 3. The van der Waals surface area contributed by atoms with Crippen molar-refractivity contribution in [2.75, 3.05) is 38.1 Å². The third kappa shape index (κ3) is 3.66. The molecule has 0 unspecified atom stereocenters. The molecule has 2 aliphatic rings. The van der Waals surface area contributed by atoms with Gasteiger partial charge >= 0.3 is 0 Å². The Kier molecular flexibility index (Phi) is 5.60. The molecule has 132 valence electrons. The molecule has 1 aromatic rings. The second kappa shape index (κ2) is 7.69. The molecule has 3 rings (SSSR count). The highest BCUT2D eigenvalue weighted by Gasteiger charge is 2.28. The molecule has 2 atom stereocenters. The summed E-state index contributed by atoms with van der Waals surface area (Å²) >= 11 is 0. The summed E-state index contributed by atoms with van der Waals surface area (Å²) in [6, 6.07) is 6.60. The quantitative estimate of drug-likeness (QED) is 0.837. The van der Waals surface area contributed by atoms with Crippen molar-refractivity contribution in [2.45, 2.75) is 46.0 Å². The van der Waals surface area contributed by atoms with Crippen LogP contribution >= 0.6 is 0 Å². The number of anilines is 1. The van der Waals surface area contributed by atoms with Crippen molar-refractivity contribution in [3.8, 4) is 0 Å². The van der Waals surface area contributed by atoms with E-state index < -0.39 is 0 Å². The molecule has 0 radical (unpaired) electrons. The summed E-state index contributed by atoms with van der Waals surface area (Å²) in [6.45, 7) is 8.84. The van der Waals surface area contributed by atoms with Crippen LogP contribution in [0, 0.1) is 11.8 Å². The minimum absolute atomic E-state index is 0.212. The number of piperazine rings is 1. The topological polar surface area (TPSA) is 23.6 Å². The molecular formula is C21H32N2O. The average Bonchev–Trinajstić information content (AvgIpc) is 2.59. The fraction of sp³-hybridized carbons (Fsp3) is 0.667. The van der Waals surface area contributed by atoms with Gasteiger partial charge in [-0.15, -0.1) is 0 Å². The van der Waals surface area contributed by atoms with Crippen molar-refractivity contribution in [1.82, 2.24) is 4.90 Å². The second-order valence-corrected chi connectivity index (χ2v) is 7.73. The predicted molar refractivity (Wildman–Crippen MR) is 101 cm³/mol. The fourth-order valence-electron chi connectivity index (χ4n) is 4.13. The molecule has 0 N–H and O–H groups in total. The molecule has 1 fully saturated rings. The Morgan fingerprint density at radius 2 is 1.92 bits per heavy atom. The maximum atomic E-state index is 13.1. The number of benzene rings is 1. The summed E-state index contributed by atoms with van der Waals surface area (Å²) in [6.07, 6.45) is 5.59. The van der Waals surface area contributed by atoms with Crippen molar-refractivity contribution in [3.05, 3.63) is 29.3 Å². The molecule has 24 heavy (non-hydrogen) atoms. The predicted octanol–water partition coefficient (Wildman–Crippen LogP) is 4.01. The molecular weight excluding hydrogens is 296 g/mol. The normalized spacial score (nSPS) is 24.2. The van der Waals surface area contributed by atoms with E-state index in [2.05, 4.69) is 48.9 Å². The first-order chi connectivity index (χ1) is 11.6. The molecule has 0 spiro atoms. The summed E-state index contributed by atoms with van der Waals surface area (Å²) in [5, 5.41) is 0. The summed E-state index contributed by atoms with van der Waals surface area (Å²) in [7, 11) is 2.19. The number of likely N-dealkylation sites (N-methyl/N-ethyl adjacent to an activating group) is 1. The van der Waals surface area contributed by atoms with Crippen LogP contribution in [0.4, 0.5) is 5.69 Å². The van der Waals surface area contributed by atoms with E-state index in [-0.39, 0.29) is 5.92 Å². The third-order valence-corrected chi connectivity index (χ3v) is 6.10. The van der Waals surface area contributed by atoms with E-state index in [0.29, 0.717) is 11.7 Å². The number of fused-ring (bicyclic) bond motifs is 1. The molecule has 0 aromatic heterocycles. The average molecular weight is 329 g/mol. The van der Waals surface area contributed by atoms with Gasteiger partial charge in [-0.25, -0.2) is 0 Å². The van der Waals surface area contributed by atoms with Gasteiger partial charge in [-0.3, -0.25) is 4.79 Å². The smallest absolute Gasteiger partial charge is 0.166 e. The lowest BCUT2D eigenvalue weighted by Crippen LogP contribution is -2.44. The van der Waals surface area contributed by atoms with E-state index in [1.807, 2.05) is 0 Å². The van der Waals surface area contributed by atoms with Crippen LogP contribution in [0.5, 0.6) is 0 Å². The first kappa shape index (κ1) is 17.5. The van der Waals surface area contributed by atoms with E-state index in [1.165, 1.54) is 24.1 Å². The highest BCUT2D eigenvalue weighted by molar-refractivity contribution is 5.99. The Morgan fingerprint density at radius 1 is 1.17 bits per heavy atom. The Bertz CT molecular complexity index is 575. The van der Waals surface area contributed by atoms with Gasteiger partial charge < -0.3 is 9.80 Å². The number of carbonyl (C=O) groups excluding carboxylic acids is 1. The Morgan fingerprint density at radius 3 is 2.62 bits per heavy atom. The summed E-state index contributed by atoms with van der Waals surface area (Å²) < 4.78 is 0. The summed E-state index contributed by atoms with van der Waals surface area (Å²) in [4.78, 5) is 17.9. The van der Waals surface area contributed by atoms with Gasteiger partial charge in [-0.05, 0) is 56.0 Å². The second-order valence-electron chi connectivity index (χ2n) is 7.73. The standard InChI is InChI=1S/C21H32N2O/c1-4-16(2)19-8-6-5-7-17-15-18(9-10-20(17)21(19)24)23-13-11-22(3)12-14-23/h9-10,15-16,19H,4-8,11-14H2,1-3H3/t16-,19+/m1/s1. The van der Waals surface area contributed by atoms with Crippen molar-refractivity contribution in [1.29, 1.82) is 0 Å². The van der Waals surface area contributed by atoms with Gasteiger partial charge in [0.05, 0.1) is 0 Å². The third-order valence-electron chi connectivity index (χ3n) is 6.10. The lowest BCUT2D eigenvalue weighted by molar-refractivity contribution is 0.0860. The zero-order valence-corrected chi connectivity index (χ0v) is 15.6. The number of carbonyl (C=O) groups is 1. The minimum Gasteiger partial charge on any atom is -0.369 e. The maximum Gasteiger partial charge on any atom is 0.166 e. The summed E-state index contributed by atoms with van der Waals surface area (Å²) in [5.74, 6) is 1.09. The molecule has 0 saturated carbocycles. The maximum absolute atomic E-state index is 13.1. The van der Waals surface area contributed by atoms with Crippen LogP contribution in [0.1, 0.15) is 55.5 Å². The zero-order valence-electron chi connectivity index (χ0n) is 15.6. The van der Waals surface area contributed by atoms with Gasteiger partial charge in [0.2, 0.25) is 0 Å². The highest BCUT2D eigenvalue weighted by atomic mass is 16.1. The van der Waals surface area contributed by atoms with E-state index >= 15 is 0 Å². The SMILES string of the molecule is CC[C@@H](C)[C@@H]1CCCCc2cc(N3CCN(C)CC3)ccc2C1=O. The first-order valence-electron chi connectivity index (χ1n) is 9.70. The lowest BCUT2D eigenvalue weighted by atomic mass is 9.78. The molecule has 3 nitrogen and oxygen atoms in total. The number of aryl methyl sites for hydroxylation is 1. The molecule has 0 bridgehead atoms. The molecule has 0 amide bonds. The number of ketones is 1. The zero-order chi connectivity index (χ0) is 17.1. The Labute approximate surface area is 147 Å². The van der Waals surface area contributed by atoms with Gasteiger partial charge in [0.25, 0.3) is 0 Å². The molecule has 1 aliphatic heterocycles. The van der Waals surface area contributed by atoms with Gasteiger partial charge in [0.15, 0.2) is 5.78 Å². The molecule has 1 heterocycles. The van der Waals surface area contributed by atoms with Gasteiger partial charge in [0, 0.05) is 43.3 Å². The Hall–Kier alpha value is -1.35. The molecule has 1 aromatic carbocycles. The number of Topliss-reactive ketones (excluding diaryl/α,β-unsaturated/α-hetero) is 1. The van der Waals surface area contributed by atoms with Gasteiger partial charge in [0.1, 0.15) is 0 Å². The minimum atomic E-state index is 0.212. The molecule has 3 heteroatoms. The lowest BCUT2D eigenvalue weighted by Gasteiger charge is -2.34. The Balaban J connectivity index is 1.85. The highest BCUT2D eigenvalue weighted by Crippen LogP contribution is 2.32. The first-order valence-corrected chi connectivity index (χ1v) is 9.70. The number of nitrogens with zero attached hydrogens (tertiary/aromatic N) is 2. The fourth-order valence-corrected chi connectivity index (χ4v) is 4.13. The van der Waals surface area contributed by atoms with Crippen LogP contribution in [0.2, 0.25) is 0 Å². The summed E-state index contributed by atoms with van der Waals surface area (Å²) in [5.41, 5.74) is 3.58. The van der Waals surface area contributed by atoms with E-state index in [0.717, 1.165) is 51.0 Å². The van der Waals surface area contributed by atoms with E-state index in [9.17, 15) is 4.79 Å². The van der Waals surface area contributed by atoms with Crippen molar-refractivity contribution >= 4 is 11.5 Å². The van der Waals surface area contributed by atoms with Crippen LogP contribution < -0.4 is 4.90 Å². The van der Waals surface area contributed by atoms with Crippen LogP contribution in [0.15, 0.2) is 18.2 Å². The van der Waals surface area contributed by atoms with Crippen molar-refractivity contribution < 1.29 is 4.79 Å². The number of hydrogen-bond donors (Lipinski definition) is 0. The largest absolute Gasteiger partial charge is 0.369 e. The van der Waals surface area contributed by atoms with E-state index in [1.54, 1.807) is 0 Å². The van der Waals surface area contributed by atoms with Crippen LogP contribution in [-0.4, -0.2) is 43.9 Å². The van der Waals surface area contributed by atoms with Crippen LogP contribution in [-0.2, 0) is 6.42 Å². The van der Waals surface area contributed by atoms with Crippen LogP contribution in [0.25, 0.3) is 0 Å². The van der Waals surface area contributed by atoms with Crippen molar-refractivity contribution in [3.63, 3.8) is 0 Å².